The summed E-state index contributed by atoms with van der Waals surface area (Å²) in [6, 6.07) is 10.3. The third-order valence-electron chi connectivity index (χ3n) is 5.87. The Morgan fingerprint density at radius 3 is 2.07 bits per heavy atom. The number of fused-ring (bicyclic) bond motifs is 1. The number of allylic oxidation sites excluding steroid dienone is 2. The Kier molecular flexibility index (Phi) is 5.07. The predicted octanol–water partition coefficient (Wildman–Crippen LogP) is 1.28. The first-order valence-electron chi connectivity index (χ1n) is 9.68. The second kappa shape index (κ2) is 7.64. The molecule has 6 heteroatoms. The van der Waals surface area contributed by atoms with Crippen LogP contribution in [0.5, 0.6) is 0 Å². The molecule has 0 saturated carbocycles. The number of likely N-dealkylation sites (tertiary alicyclic amines) is 1. The fourth-order valence-corrected chi connectivity index (χ4v) is 4.26. The average molecular weight is 367 g/mol. The zero-order valence-corrected chi connectivity index (χ0v) is 15.4. The second-order valence-corrected chi connectivity index (χ2v) is 7.56. The van der Waals surface area contributed by atoms with Crippen LogP contribution in [0.4, 0.5) is 0 Å². The molecular formula is C21H25N3O3. The van der Waals surface area contributed by atoms with Gasteiger partial charge in [-0.1, -0.05) is 42.5 Å². The van der Waals surface area contributed by atoms with Crippen molar-refractivity contribution in [2.24, 2.45) is 11.8 Å². The molecule has 1 aromatic carbocycles. The summed E-state index contributed by atoms with van der Waals surface area (Å²) < 4.78 is 0. The number of carbonyl (C=O) groups is 3. The summed E-state index contributed by atoms with van der Waals surface area (Å²) in [4.78, 5) is 43.0. The van der Waals surface area contributed by atoms with E-state index in [2.05, 4.69) is 17.0 Å². The molecule has 2 aliphatic heterocycles. The number of rotatable bonds is 4. The van der Waals surface area contributed by atoms with E-state index in [0.717, 1.165) is 19.6 Å². The minimum atomic E-state index is -0.266. The summed E-state index contributed by atoms with van der Waals surface area (Å²) in [7, 11) is 0. The third-order valence-corrected chi connectivity index (χ3v) is 5.87. The molecule has 3 aliphatic rings. The molecule has 0 N–H and O–H groups in total. The molecule has 3 amide bonds. The maximum absolute atomic E-state index is 12.7. The topological polar surface area (TPSA) is 60.9 Å². The maximum Gasteiger partial charge on any atom is 0.242 e. The number of hydrogen-bond donors (Lipinski definition) is 0. The van der Waals surface area contributed by atoms with Gasteiger partial charge in [0.25, 0.3) is 0 Å². The van der Waals surface area contributed by atoms with Crippen molar-refractivity contribution < 1.29 is 14.4 Å². The molecule has 0 radical (unpaired) electrons. The number of nitrogens with zero attached hydrogens (tertiary/aromatic N) is 3. The Labute approximate surface area is 159 Å². The van der Waals surface area contributed by atoms with E-state index in [1.165, 1.54) is 10.5 Å². The van der Waals surface area contributed by atoms with Gasteiger partial charge in [0.15, 0.2) is 0 Å². The third kappa shape index (κ3) is 3.67. The zero-order chi connectivity index (χ0) is 18.8. The van der Waals surface area contributed by atoms with Crippen molar-refractivity contribution in [3.05, 3.63) is 48.0 Å². The molecule has 2 atom stereocenters. The summed E-state index contributed by atoms with van der Waals surface area (Å²) in [6.45, 7) is 3.65. The highest BCUT2D eigenvalue weighted by atomic mass is 16.2. The van der Waals surface area contributed by atoms with Crippen LogP contribution in [0, 0.1) is 11.8 Å². The van der Waals surface area contributed by atoms with E-state index >= 15 is 0 Å². The van der Waals surface area contributed by atoms with E-state index in [1.807, 2.05) is 30.4 Å². The number of piperazine rings is 1. The molecule has 142 valence electrons. The van der Waals surface area contributed by atoms with Crippen LogP contribution in [0.2, 0.25) is 0 Å². The minimum absolute atomic E-state index is 0.108. The Hall–Kier alpha value is -2.47. The number of amides is 3. The summed E-state index contributed by atoms with van der Waals surface area (Å²) in [5.74, 6) is -1.01. The van der Waals surface area contributed by atoms with E-state index in [9.17, 15) is 14.4 Å². The van der Waals surface area contributed by atoms with Crippen LogP contribution in [0.3, 0.4) is 0 Å². The lowest BCUT2D eigenvalue weighted by molar-refractivity contribution is -0.147. The average Bonchev–Trinajstić information content (AvgIpc) is 2.94. The van der Waals surface area contributed by atoms with E-state index in [4.69, 9.17) is 0 Å². The molecular weight excluding hydrogens is 342 g/mol. The lowest BCUT2D eigenvalue weighted by atomic mass is 9.85. The van der Waals surface area contributed by atoms with Crippen LogP contribution in [-0.4, -0.2) is 65.1 Å². The molecule has 1 aliphatic carbocycles. The molecule has 27 heavy (non-hydrogen) atoms. The van der Waals surface area contributed by atoms with Gasteiger partial charge in [0.05, 0.1) is 11.8 Å². The van der Waals surface area contributed by atoms with Gasteiger partial charge in [0.2, 0.25) is 17.7 Å². The summed E-state index contributed by atoms with van der Waals surface area (Å²) in [5, 5.41) is 0. The lowest BCUT2D eigenvalue weighted by Gasteiger charge is -2.35. The molecule has 2 heterocycles. The number of benzene rings is 1. The molecule has 0 unspecified atom stereocenters. The van der Waals surface area contributed by atoms with Crippen molar-refractivity contribution in [1.82, 2.24) is 14.7 Å². The van der Waals surface area contributed by atoms with Crippen LogP contribution in [0.15, 0.2) is 42.5 Å². The lowest BCUT2D eigenvalue weighted by Crippen LogP contribution is -2.51. The molecule has 2 saturated heterocycles. The predicted molar refractivity (Wildman–Crippen MR) is 100 cm³/mol. The van der Waals surface area contributed by atoms with Crippen molar-refractivity contribution in [3.8, 4) is 0 Å². The van der Waals surface area contributed by atoms with Crippen molar-refractivity contribution in [2.45, 2.75) is 19.4 Å². The fourth-order valence-electron chi connectivity index (χ4n) is 4.26. The highest BCUT2D eigenvalue weighted by Gasteiger charge is 2.47. The van der Waals surface area contributed by atoms with Gasteiger partial charge in [0, 0.05) is 32.7 Å². The fraction of sp³-hybridized carbons (Fsp3) is 0.476. The zero-order valence-electron chi connectivity index (χ0n) is 15.4. The van der Waals surface area contributed by atoms with Crippen molar-refractivity contribution in [2.75, 3.05) is 32.7 Å². The quantitative estimate of drug-likeness (QED) is 0.594. The first-order chi connectivity index (χ1) is 13.1. The Balaban J connectivity index is 1.30. The SMILES string of the molecule is O=C(CN1C(=O)[C@@H]2CC=CC[C@H]2C1=O)N1CCN(Cc2ccccc2)CC1. The van der Waals surface area contributed by atoms with Gasteiger partial charge >= 0.3 is 0 Å². The molecule has 6 nitrogen and oxygen atoms in total. The Morgan fingerprint density at radius 1 is 0.889 bits per heavy atom. The van der Waals surface area contributed by atoms with E-state index in [0.29, 0.717) is 25.9 Å². The summed E-state index contributed by atoms with van der Waals surface area (Å²) in [5.41, 5.74) is 1.27. The first-order valence-corrected chi connectivity index (χ1v) is 9.68. The molecule has 0 aromatic heterocycles. The van der Waals surface area contributed by atoms with Crippen molar-refractivity contribution >= 4 is 17.7 Å². The minimum Gasteiger partial charge on any atom is -0.339 e. The van der Waals surface area contributed by atoms with Crippen LogP contribution >= 0.6 is 0 Å². The first kappa shape index (κ1) is 17.9. The Bertz CT molecular complexity index is 727. The van der Waals surface area contributed by atoms with Crippen LogP contribution in [-0.2, 0) is 20.9 Å². The second-order valence-electron chi connectivity index (χ2n) is 7.56. The highest BCUT2D eigenvalue weighted by molar-refractivity contribution is 6.07. The smallest absolute Gasteiger partial charge is 0.242 e. The van der Waals surface area contributed by atoms with Crippen molar-refractivity contribution in [1.29, 1.82) is 0 Å². The maximum atomic E-state index is 12.7. The van der Waals surface area contributed by atoms with Crippen LogP contribution in [0.25, 0.3) is 0 Å². The van der Waals surface area contributed by atoms with Crippen LogP contribution < -0.4 is 0 Å². The molecule has 0 bridgehead atoms. The van der Waals surface area contributed by atoms with E-state index in [-0.39, 0.29) is 36.1 Å². The van der Waals surface area contributed by atoms with Gasteiger partial charge in [-0.3, -0.25) is 24.2 Å². The van der Waals surface area contributed by atoms with Gasteiger partial charge in [0.1, 0.15) is 6.54 Å². The largest absolute Gasteiger partial charge is 0.339 e. The highest BCUT2D eigenvalue weighted by Crippen LogP contribution is 2.34. The van der Waals surface area contributed by atoms with Gasteiger partial charge < -0.3 is 4.90 Å². The Morgan fingerprint density at radius 2 is 1.48 bits per heavy atom. The van der Waals surface area contributed by atoms with Gasteiger partial charge in [-0.2, -0.15) is 0 Å². The number of hydrogen-bond acceptors (Lipinski definition) is 4. The van der Waals surface area contributed by atoms with E-state index < -0.39 is 0 Å². The summed E-state index contributed by atoms with van der Waals surface area (Å²) in [6.07, 6.45) is 5.14. The number of carbonyl (C=O) groups excluding carboxylic acids is 3. The monoisotopic (exact) mass is 367 g/mol. The van der Waals surface area contributed by atoms with Gasteiger partial charge in [-0.25, -0.2) is 0 Å². The van der Waals surface area contributed by atoms with Crippen molar-refractivity contribution in [3.63, 3.8) is 0 Å². The van der Waals surface area contributed by atoms with Gasteiger partial charge in [-0.15, -0.1) is 0 Å². The molecule has 2 fully saturated rings. The standard InChI is InChI=1S/C21H25N3O3/c25-19(15-24-20(26)17-8-4-5-9-18(17)21(24)27)23-12-10-22(11-13-23)14-16-6-2-1-3-7-16/h1-7,17-18H,8-15H2/t17-,18-/m1/s1. The molecule has 4 rings (SSSR count). The summed E-state index contributed by atoms with van der Waals surface area (Å²) >= 11 is 0. The molecule has 1 aromatic rings. The number of imide groups is 1. The van der Waals surface area contributed by atoms with E-state index in [1.54, 1.807) is 4.90 Å². The normalized spacial score (nSPS) is 25.8. The van der Waals surface area contributed by atoms with Crippen LogP contribution in [0.1, 0.15) is 18.4 Å². The van der Waals surface area contributed by atoms with Gasteiger partial charge in [-0.05, 0) is 18.4 Å². The molecule has 0 spiro atoms.